The number of hydrogen-bond donors (Lipinski definition) is 1. The molecule has 1 saturated carbocycles. The van der Waals surface area contributed by atoms with Gasteiger partial charge in [-0.25, -0.2) is 4.39 Å². The molecule has 8 heteroatoms. The lowest BCUT2D eigenvalue weighted by Gasteiger charge is -2.20. The summed E-state index contributed by atoms with van der Waals surface area (Å²) in [6.45, 7) is 0.363. The van der Waals surface area contributed by atoms with Crippen molar-refractivity contribution in [2.75, 3.05) is 0 Å². The number of carbonyl (C=O) groups is 1. The Morgan fingerprint density at radius 2 is 1.86 bits per heavy atom. The SMILES string of the molecule is N=C1/C(=C/c2cn(Cc3ccccc3F)c3ccccc23)C(=O)N=C2SC(C3CCCCC3)=NN12. The van der Waals surface area contributed by atoms with E-state index in [1.54, 1.807) is 18.2 Å². The first-order chi connectivity index (χ1) is 17.1. The van der Waals surface area contributed by atoms with Crippen LogP contribution < -0.4 is 0 Å². The summed E-state index contributed by atoms with van der Waals surface area (Å²) in [6, 6.07) is 14.5. The van der Waals surface area contributed by atoms with Crippen molar-refractivity contribution in [2.45, 2.75) is 38.6 Å². The number of nitrogens with one attached hydrogen (secondary N) is 1. The summed E-state index contributed by atoms with van der Waals surface area (Å²) < 4.78 is 16.3. The number of carbonyl (C=O) groups excluding carboxylic acids is 1. The Balaban J connectivity index is 1.35. The molecule has 0 unspecified atom stereocenters. The summed E-state index contributed by atoms with van der Waals surface area (Å²) in [5.74, 6) is -0.257. The van der Waals surface area contributed by atoms with Gasteiger partial charge in [0, 0.05) is 34.1 Å². The molecule has 3 aromatic rings. The minimum atomic E-state index is -0.431. The van der Waals surface area contributed by atoms with E-state index in [2.05, 4.69) is 4.99 Å². The molecule has 1 aromatic heterocycles. The van der Waals surface area contributed by atoms with E-state index in [1.807, 2.05) is 41.1 Å². The number of hydrazone groups is 1. The number of hydrogen-bond acceptors (Lipinski definition) is 4. The number of rotatable bonds is 4. The second-order valence-electron chi connectivity index (χ2n) is 9.11. The van der Waals surface area contributed by atoms with Gasteiger partial charge in [-0.05, 0) is 42.8 Å². The first-order valence-corrected chi connectivity index (χ1v) is 12.7. The monoisotopic (exact) mass is 485 g/mol. The fourth-order valence-electron chi connectivity index (χ4n) is 5.01. The average molecular weight is 486 g/mol. The highest BCUT2D eigenvalue weighted by Gasteiger charge is 2.38. The summed E-state index contributed by atoms with van der Waals surface area (Å²) >= 11 is 1.42. The highest BCUT2D eigenvalue weighted by molar-refractivity contribution is 8.27. The maximum Gasteiger partial charge on any atom is 0.283 e. The van der Waals surface area contributed by atoms with Gasteiger partial charge in [-0.2, -0.15) is 15.1 Å². The van der Waals surface area contributed by atoms with Gasteiger partial charge in [-0.1, -0.05) is 55.7 Å². The minimum absolute atomic E-state index is 0.0456. The summed E-state index contributed by atoms with van der Waals surface area (Å²) in [5, 5.41) is 17.3. The van der Waals surface area contributed by atoms with Crippen LogP contribution in [0, 0.1) is 17.1 Å². The lowest BCUT2D eigenvalue weighted by atomic mass is 9.90. The zero-order valence-corrected chi connectivity index (χ0v) is 19.9. The van der Waals surface area contributed by atoms with E-state index in [0.717, 1.165) is 34.4 Å². The molecular formula is C27H24FN5OS. The van der Waals surface area contributed by atoms with Crippen LogP contribution in [0.3, 0.4) is 0 Å². The van der Waals surface area contributed by atoms with Gasteiger partial charge in [0.2, 0.25) is 5.17 Å². The Labute approximate surface area is 206 Å². The molecular weight excluding hydrogens is 461 g/mol. The van der Waals surface area contributed by atoms with Gasteiger partial charge in [-0.15, -0.1) is 0 Å². The van der Waals surface area contributed by atoms with Gasteiger partial charge in [0.05, 0.1) is 12.1 Å². The van der Waals surface area contributed by atoms with Gasteiger partial charge in [-0.3, -0.25) is 10.2 Å². The normalized spacial score (nSPS) is 19.9. The van der Waals surface area contributed by atoms with Crippen molar-refractivity contribution in [1.82, 2.24) is 9.58 Å². The van der Waals surface area contributed by atoms with Gasteiger partial charge in [0.25, 0.3) is 5.91 Å². The van der Waals surface area contributed by atoms with Crippen molar-refractivity contribution in [3.05, 3.63) is 77.2 Å². The van der Waals surface area contributed by atoms with Crippen molar-refractivity contribution < 1.29 is 9.18 Å². The second-order valence-corrected chi connectivity index (χ2v) is 10.1. The molecule has 3 heterocycles. The molecule has 1 N–H and O–H groups in total. The molecule has 2 aliphatic heterocycles. The van der Waals surface area contributed by atoms with Crippen molar-refractivity contribution in [3.8, 4) is 0 Å². The van der Waals surface area contributed by atoms with Crippen LogP contribution in [0.5, 0.6) is 0 Å². The number of aliphatic imine (C=N–C) groups is 1. The summed E-state index contributed by atoms with van der Waals surface area (Å²) in [5.41, 5.74) is 2.50. The molecule has 6 rings (SSSR count). The number of benzene rings is 2. The van der Waals surface area contributed by atoms with Gasteiger partial charge < -0.3 is 4.57 Å². The lowest BCUT2D eigenvalue weighted by molar-refractivity contribution is -0.114. The van der Waals surface area contributed by atoms with E-state index in [4.69, 9.17) is 10.5 Å². The van der Waals surface area contributed by atoms with E-state index in [1.165, 1.54) is 42.1 Å². The third kappa shape index (κ3) is 4.01. The molecule has 1 fully saturated rings. The molecule has 1 aliphatic carbocycles. The lowest BCUT2D eigenvalue weighted by Crippen LogP contribution is -2.35. The number of para-hydroxylation sites is 1. The first kappa shape index (κ1) is 22.0. The van der Waals surface area contributed by atoms with E-state index in [-0.39, 0.29) is 17.2 Å². The number of fused-ring (bicyclic) bond motifs is 2. The predicted octanol–water partition coefficient (Wildman–Crippen LogP) is 6.03. The number of amides is 1. The maximum absolute atomic E-state index is 14.3. The molecule has 3 aliphatic rings. The quantitative estimate of drug-likeness (QED) is 0.459. The summed E-state index contributed by atoms with van der Waals surface area (Å²) in [7, 11) is 0. The van der Waals surface area contributed by atoms with Crippen molar-refractivity contribution in [3.63, 3.8) is 0 Å². The molecule has 1 amide bonds. The van der Waals surface area contributed by atoms with Crippen LogP contribution in [0.4, 0.5) is 4.39 Å². The summed E-state index contributed by atoms with van der Waals surface area (Å²) in [4.78, 5) is 17.2. The molecule has 0 spiro atoms. The van der Waals surface area contributed by atoms with Crippen LogP contribution in [0.15, 0.2) is 70.4 Å². The molecule has 35 heavy (non-hydrogen) atoms. The van der Waals surface area contributed by atoms with E-state index >= 15 is 0 Å². The molecule has 0 saturated heterocycles. The van der Waals surface area contributed by atoms with Gasteiger partial charge in [0.15, 0.2) is 5.84 Å². The number of nitrogens with zero attached hydrogens (tertiary/aromatic N) is 4. The van der Waals surface area contributed by atoms with Crippen LogP contribution in [0.1, 0.15) is 43.2 Å². The van der Waals surface area contributed by atoms with Crippen LogP contribution in [-0.2, 0) is 11.3 Å². The van der Waals surface area contributed by atoms with Crippen molar-refractivity contribution in [2.24, 2.45) is 16.0 Å². The molecule has 176 valence electrons. The zero-order chi connectivity index (χ0) is 23.9. The predicted molar refractivity (Wildman–Crippen MR) is 139 cm³/mol. The van der Waals surface area contributed by atoms with Crippen LogP contribution in [-0.4, -0.2) is 31.5 Å². The number of amidine groups is 2. The van der Waals surface area contributed by atoms with Gasteiger partial charge in [0.1, 0.15) is 10.9 Å². The second kappa shape index (κ2) is 8.92. The molecule has 0 atom stereocenters. The number of thioether (sulfide) groups is 1. The third-order valence-electron chi connectivity index (χ3n) is 6.84. The van der Waals surface area contributed by atoms with Crippen LogP contribution in [0.25, 0.3) is 17.0 Å². The third-order valence-corrected chi connectivity index (χ3v) is 7.91. The Hall–Kier alpha value is -3.52. The molecule has 2 aromatic carbocycles. The molecule has 6 nitrogen and oxygen atoms in total. The number of halogens is 1. The van der Waals surface area contributed by atoms with Crippen LogP contribution >= 0.6 is 11.8 Å². The Morgan fingerprint density at radius 1 is 1.09 bits per heavy atom. The van der Waals surface area contributed by atoms with Crippen molar-refractivity contribution >= 4 is 50.7 Å². The Morgan fingerprint density at radius 3 is 2.69 bits per heavy atom. The van der Waals surface area contributed by atoms with Crippen molar-refractivity contribution in [1.29, 1.82) is 5.41 Å². The summed E-state index contributed by atoms with van der Waals surface area (Å²) in [6.07, 6.45) is 9.44. The highest BCUT2D eigenvalue weighted by atomic mass is 32.2. The fourth-order valence-corrected chi connectivity index (χ4v) is 6.07. The standard InChI is InChI=1S/C27H24FN5OS/c28-22-12-6-4-10-18(22)15-32-16-19(20-11-5-7-13-23(20)32)14-21-24(29)33-27(30-25(21)34)35-26(31-33)17-8-2-1-3-9-17/h4-7,10-14,16-17,29H,1-3,8-9,15H2/b21-14-,29-24?. The first-order valence-electron chi connectivity index (χ1n) is 11.9. The largest absolute Gasteiger partial charge is 0.342 e. The van der Waals surface area contributed by atoms with E-state index < -0.39 is 5.91 Å². The minimum Gasteiger partial charge on any atom is -0.342 e. The van der Waals surface area contributed by atoms with E-state index in [0.29, 0.717) is 23.2 Å². The fraction of sp³-hybridized carbons (Fsp3) is 0.259. The molecule has 0 bridgehead atoms. The van der Waals surface area contributed by atoms with Gasteiger partial charge >= 0.3 is 0 Å². The maximum atomic E-state index is 14.3. The smallest absolute Gasteiger partial charge is 0.283 e. The number of aromatic nitrogens is 1. The molecule has 0 radical (unpaired) electrons. The van der Waals surface area contributed by atoms with E-state index in [9.17, 15) is 9.18 Å². The average Bonchev–Trinajstić information content (AvgIpc) is 3.46. The zero-order valence-electron chi connectivity index (χ0n) is 19.1. The Bertz CT molecular complexity index is 1450. The van der Waals surface area contributed by atoms with Crippen LogP contribution in [0.2, 0.25) is 0 Å². The topological polar surface area (TPSA) is 73.8 Å². The Kier molecular flexibility index (Phi) is 5.60. The highest BCUT2D eigenvalue weighted by Crippen LogP contribution is 2.36.